The van der Waals surface area contributed by atoms with E-state index in [1.54, 1.807) is 10.6 Å². The van der Waals surface area contributed by atoms with E-state index in [0.29, 0.717) is 5.69 Å². The lowest BCUT2D eigenvalue weighted by molar-refractivity contribution is 0.0578. The SMILES string of the molecule is CC(C)OCC(=O)c1cccn1C. The molecule has 1 heterocycles. The van der Waals surface area contributed by atoms with E-state index in [-0.39, 0.29) is 18.5 Å². The van der Waals surface area contributed by atoms with Gasteiger partial charge >= 0.3 is 0 Å². The number of hydrogen-bond acceptors (Lipinski definition) is 2. The molecule has 3 nitrogen and oxygen atoms in total. The van der Waals surface area contributed by atoms with Crippen LogP contribution in [0, 0.1) is 0 Å². The lowest BCUT2D eigenvalue weighted by atomic mass is 10.3. The van der Waals surface area contributed by atoms with Crippen molar-refractivity contribution >= 4 is 5.78 Å². The summed E-state index contributed by atoms with van der Waals surface area (Å²) in [4.78, 5) is 11.5. The summed E-state index contributed by atoms with van der Waals surface area (Å²) in [6, 6.07) is 3.65. The summed E-state index contributed by atoms with van der Waals surface area (Å²) in [6.45, 7) is 3.99. The highest BCUT2D eigenvalue weighted by molar-refractivity contribution is 5.95. The van der Waals surface area contributed by atoms with Crippen molar-refractivity contribution in [3.8, 4) is 0 Å². The van der Waals surface area contributed by atoms with Gasteiger partial charge in [-0.25, -0.2) is 0 Å². The molecule has 0 atom stereocenters. The van der Waals surface area contributed by atoms with Crippen molar-refractivity contribution in [1.82, 2.24) is 4.57 Å². The number of ether oxygens (including phenoxy) is 1. The third kappa shape index (κ3) is 2.70. The number of rotatable bonds is 4. The van der Waals surface area contributed by atoms with Gasteiger partial charge in [0.25, 0.3) is 0 Å². The molecule has 72 valence electrons. The number of carbonyl (C=O) groups excluding carboxylic acids is 1. The normalized spacial score (nSPS) is 10.8. The zero-order valence-corrected chi connectivity index (χ0v) is 8.28. The average molecular weight is 181 g/mol. The Morgan fingerprint density at radius 3 is 2.77 bits per heavy atom. The fourth-order valence-corrected chi connectivity index (χ4v) is 1.07. The predicted molar refractivity (Wildman–Crippen MR) is 50.8 cm³/mol. The topological polar surface area (TPSA) is 31.2 Å². The van der Waals surface area contributed by atoms with E-state index in [0.717, 1.165) is 0 Å². The van der Waals surface area contributed by atoms with Crippen molar-refractivity contribution in [3.05, 3.63) is 24.0 Å². The predicted octanol–water partition coefficient (Wildman–Crippen LogP) is 1.63. The van der Waals surface area contributed by atoms with Crippen molar-refractivity contribution in [1.29, 1.82) is 0 Å². The Balaban J connectivity index is 2.54. The van der Waals surface area contributed by atoms with E-state index in [1.165, 1.54) is 0 Å². The Bertz CT molecular complexity index is 289. The third-order valence-corrected chi connectivity index (χ3v) is 1.78. The highest BCUT2D eigenvalue weighted by Crippen LogP contribution is 2.02. The zero-order valence-electron chi connectivity index (χ0n) is 8.28. The van der Waals surface area contributed by atoms with Gasteiger partial charge in [-0.1, -0.05) is 0 Å². The summed E-state index contributed by atoms with van der Waals surface area (Å²) in [7, 11) is 1.85. The average Bonchev–Trinajstić information content (AvgIpc) is 2.47. The van der Waals surface area contributed by atoms with Crippen LogP contribution in [0.5, 0.6) is 0 Å². The summed E-state index contributed by atoms with van der Waals surface area (Å²) in [5.74, 6) is 0.0289. The molecule has 1 aromatic rings. The van der Waals surface area contributed by atoms with Crippen molar-refractivity contribution in [2.75, 3.05) is 6.61 Å². The maximum atomic E-state index is 11.5. The van der Waals surface area contributed by atoms with Gasteiger partial charge in [0.15, 0.2) is 0 Å². The van der Waals surface area contributed by atoms with E-state index < -0.39 is 0 Å². The standard InChI is InChI=1S/C10H15NO2/c1-8(2)13-7-10(12)9-5-4-6-11(9)3/h4-6,8H,7H2,1-3H3. The lowest BCUT2D eigenvalue weighted by Gasteiger charge is -2.06. The highest BCUT2D eigenvalue weighted by Gasteiger charge is 2.09. The fraction of sp³-hybridized carbons (Fsp3) is 0.500. The van der Waals surface area contributed by atoms with E-state index >= 15 is 0 Å². The molecule has 0 aromatic carbocycles. The van der Waals surface area contributed by atoms with Crippen molar-refractivity contribution in [3.63, 3.8) is 0 Å². The molecule has 0 N–H and O–H groups in total. The summed E-state index contributed by atoms with van der Waals surface area (Å²) in [5, 5.41) is 0. The molecule has 0 unspecified atom stereocenters. The van der Waals surface area contributed by atoms with Crippen LogP contribution < -0.4 is 0 Å². The van der Waals surface area contributed by atoms with Gasteiger partial charge < -0.3 is 9.30 Å². The first-order valence-electron chi connectivity index (χ1n) is 4.37. The van der Waals surface area contributed by atoms with E-state index in [2.05, 4.69) is 0 Å². The quantitative estimate of drug-likeness (QED) is 0.661. The smallest absolute Gasteiger partial charge is 0.204 e. The minimum atomic E-state index is 0.0289. The Kier molecular flexibility index (Phi) is 3.25. The Labute approximate surface area is 78.3 Å². The first-order chi connectivity index (χ1) is 6.11. The monoisotopic (exact) mass is 181 g/mol. The minimum Gasteiger partial charge on any atom is -0.371 e. The van der Waals surface area contributed by atoms with Crippen LogP contribution in [-0.2, 0) is 11.8 Å². The molecule has 0 aliphatic carbocycles. The fourth-order valence-electron chi connectivity index (χ4n) is 1.07. The van der Waals surface area contributed by atoms with Crippen LogP contribution in [0.3, 0.4) is 0 Å². The van der Waals surface area contributed by atoms with Gasteiger partial charge in [0, 0.05) is 13.2 Å². The first kappa shape index (κ1) is 9.99. The Morgan fingerprint density at radius 2 is 2.31 bits per heavy atom. The number of Topliss-reactive ketones (excluding diaryl/α,β-unsaturated/α-hetero) is 1. The summed E-state index contributed by atoms with van der Waals surface area (Å²) >= 11 is 0. The molecule has 0 aliphatic rings. The van der Waals surface area contributed by atoms with Gasteiger partial charge in [-0.05, 0) is 26.0 Å². The van der Waals surface area contributed by atoms with Crippen molar-refractivity contribution < 1.29 is 9.53 Å². The molecule has 0 fully saturated rings. The molecule has 0 amide bonds. The number of ketones is 1. The van der Waals surface area contributed by atoms with Crippen LogP contribution in [-0.4, -0.2) is 23.1 Å². The number of hydrogen-bond donors (Lipinski definition) is 0. The summed E-state index contributed by atoms with van der Waals surface area (Å²) < 4.78 is 7.02. The summed E-state index contributed by atoms with van der Waals surface area (Å²) in [6.07, 6.45) is 1.95. The Morgan fingerprint density at radius 1 is 1.62 bits per heavy atom. The maximum absolute atomic E-state index is 11.5. The molecule has 1 aromatic heterocycles. The molecule has 13 heavy (non-hydrogen) atoms. The van der Waals surface area contributed by atoms with Crippen molar-refractivity contribution in [2.45, 2.75) is 20.0 Å². The number of aryl methyl sites for hydroxylation is 1. The van der Waals surface area contributed by atoms with Crippen LogP contribution in [0.15, 0.2) is 18.3 Å². The lowest BCUT2D eigenvalue weighted by Crippen LogP contribution is -2.15. The van der Waals surface area contributed by atoms with Gasteiger partial charge in [-0.3, -0.25) is 4.79 Å². The van der Waals surface area contributed by atoms with E-state index in [4.69, 9.17) is 4.74 Å². The van der Waals surface area contributed by atoms with Crippen LogP contribution >= 0.6 is 0 Å². The van der Waals surface area contributed by atoms with Crippen LogP contribution in [0.4, 0.5) is 0 Å². The molecule has 0 saturated heterocycles. The zero-order chi connectivity index (χ0) is 9.84. The first-order valence-corrected chi connectivity index (χ1v) is 4.37. The van der Waals surface area contributed by atoms with E-state index in [9.17, 15) is 4.79 Å². The molecular weight excluding hydrogens is 166 g/mol. The minimum absolute atomic E-state index is 0.0289. The van der Waals surface area contributed by atoms with Gasteiger partial charge in [0.05, 0.1) is 11.8 Å². The van der Waals surface area contributed by atoms with Crippen LogP contribution in [0.25, 0.3) is 0 Å². The molecule has 1 rings (SSSR count). The van der Waals surface area contributed by atoms with Crippen LogP contribution in [0.1, 0.15) is 24.3 Å². The second kappa shape index (κ2) is 4.23. The molecule has 0 saturated carbocycles. The molecular formula is C10H15NO2. The highest BCUT2D eigenvalue weighted by atomic mass is 16.5. The number of aromatic nitrogens is 1. The third-order valence-electron chi connectivity index (χ3n) is 1.78. The Hall–Kier alpha value is -1.09. The second-order valence-corrected chi connectivity index (χ2v) is 3.29. The second-order valence-electron chi connectivity index (χ2n) is 3.29. The maximum Gasteiger partial charge on any atom is 0.204 e. The molecule has 0 aliphatic heterocycles. The van der Waals surface area contributed by atoms with Crippen LogP contribution in [0.2, 0.25) is 0 Å². The number of carbonyl (C=O) groups is 1. The molecule has 0 bridgehead atoms. The molecule has 0 spiro atoms. The van der Waals surface area contributed by atoms with E-state index in [1.807, 2.05) is 33.2 Å². The van der Waals surface area contributed by atoms with Crippen molar-refractivity contribution in [2.24, 2.45) is 7.05 Å². The molecule has 3 heteroatoms. The number of nitrogens with zero attached hydrogens (tertiary/aromatic N) is 1. The summed E-state index contributed by atoms with van der Waals surface area (Å²) in [5.41, 5.74) is 0.695. The molecule has 0 radical (unpaired) electrons. The van der Waals surface area contributed by atoms with Gasteiger partial charge in [0.2, 0.25) is 5.78 Å². The van der Waals surface area contributed by atoms with Gasteiger partial charge in [-0.15, -0.1) is 0 Å². The van der Waals surface area contributed by atoms with Gasteiger partial charge in [0.1, 0.15) is 6.61 Å². The van der Waals surface area contributed by atoms with Gasteiger partial charge in [-0.2, -0.15) is 0 Å². The largest absolute Gasteiger partial charge is 0.371 e.